The molecule has 4 rings (SSSR count). The molecule has 0 N–H and O–H groups in total. The van der Waals surface area contributed by atoms with Crippen molar-refractivity contribution in [2.45, 2.75) is 26.8 Å². The van der Waals surface area contributed by atoms with Crippen LogP contribution in [0.2, 0.25) is 5.02 Å². The highest BCUT2D eigenvalue weighted by Gasteiger charge is 2.27. The number of anilines is 1. The molecule has 1 aliphatic rings. The average molecular weight is 415 g/mol. The van der Waals surface area contributed by atoms with E-state index in [0.717, 1.165) is 22.3 Å². The van der Waals surface area contributed by atoms with Gasteiger partial charge in [-0.2, -0.15) is 10.1 Å². The second-order valence-corrected chi connectivity index (χ2v) is 8.17. The number of rotatable bonds is 4. The maximum atomic E-state index is 12.9. The molecule has 0 atom stereocenters. The SMILES string of the molecule is CC(C)CCN1N=C(c2ccc(Cl)cc2)Cn2c1nc1c2c(=O)n(C)c(=O)n1C. The van der Waals surface area contributed by atoms with Gasteiger partial charge < -0.3 is 0 Å². The van der Waals surface area contributed by atoms with Crippen molar-refractivity contribution < 1.29 is 0 Å². The summed E-state index contributed by atoms with van der Waals surface area (Å²) >= 11 is 6.03. The summed E-state index contributed by atoms with van der Waals surface area (Å²) in [7, 11) is 3.11. The monoisotopic (exact) mass is 414 g/mol. The minimum atomic E-state index is -0.398. The number of imidazole rings is 1. The van der Waals surface area contributed by atoms with Gasteiger partial charge in [0.15, 0.2) is 11.2 Å². The van der Waals surface area contributed by atoms with E-state index in [9.17, 15) is 9.59 Å². The number of fused-ring (bicyclic) bond motifs is 3. The minimum absolute atomic E-state index is 0.358. The Morgan fingerprint density at radius 1 is 1.10 bits per heavy atom. The summed E-state index contributed by atoms with van der Waals surface area (Å²) in [6, 6.07) is 7.48. The van der Waals surface area contributed by atoms with Gasteiger partial charge in [0.05, 0.1) is 12.3 Å². The van der Waals surface area contributed by atoms with Crippen molar-refractivity contribution in [2.24, 2.45) is 25.1 Å². The summed E-state index contributed by atoms with van der Waals surface area (Å²) < 4.78 is 4.38. The van der Waals surface area contributed by atoms with Gasteiger partial charge >= 0.3 is 5.69 Å². The maximum absolute atomic E-state index is 12.9. The predicted molar refractivity (Wildman–Crippen MR) is 115 cm³/mol. The van der Waals surface area contributed by atoms with Gasteiger partial charge in [-0.05, 0) is 30.0 Å². The van der Waals surface area contributed by atoms with E-state index in [2.05, 4.69) is 18.8 Å². The Bertz CT molecular complexity index is 1230. The second kappa shape index (κ2) is 7.18. The van der Waals surface area contributed by atoms with Crippen molar-refractivity contribution in [2.75, 3.05) is 11.6 Å². The molecule has 0 unspecified atom stereocenters. The summed E-state index contributed by atoms with van der Waals surface area (Å²) in [5.41, 5.74) is 1.76. The van der Waals surface area contributed by atoms with Gasteiger partial charge in [-0.25, -0.2) is 9.80 Å². The molecule has 0 spiro atoms. The van der Waals surface area contributed by atoms with Crippen LogP contribution in [0.1, 0.15) is 25.8 Å². The predicted octanol–water partition coefficient (Wildman–Crippen LogP) is 2.36. The Morgan fingerprint density at radius 2 is 1.79 bits per heavy atom. The molecule has 0 saturated carbocycles. The van der Waals surface area contributed by atoms with Gasteiger partial charge in [-0.3, -0.25) is 18.5 Å². The highest BCUT2D eigenvalue weighted by atomic mass is 35.5. The van der Waals surface area contributed by atoms with Crippen LogP contribution >= 0.6 is 11.6 Å². The van der Waals surface area contributed by atoms with E-state index >= 15 is 0 Å². The molecule has 0 fully saturated rings. The molecule has 2 aromatic heterocycles. The van der Waals surface area contributed by atoms with Crippen molar-refractivity contribution >= 4 is 34.4 Å². The van der Waals surface area contributed by atoms with E-state index in [4.69, 9.17) is 16.7 Å². The Morgan fingerprint density at radius 3 is 2.45 bits per heavy atom. The van der Waals surface area contributed by atoms with E-state index in [1.54, 1.807) is 7.05 Å². The van der Waals surface area contributed by atoms with Crippen molar-refractivity contribution in [3.8, 4) is 0 Å². The number of halogens is 1. The molecule has 9 heteroatoms. The molecular formula is C20H23ClN6O2. The average Bonchev–Trinajstić information content (AvgIpc) is 3.09. The summed E-state index contributed by atoms with van der Waals surface area (Å²) in [6.45, 7) is 5.35. The standard InChI is InChI=1S/C20H23ClN6O2/c1-12(2)9-10-27-19-22-17-16(18(28)25(4)20(29)24(17)3)26(19)11-15(23-27)13-5-7-14(21)8-6-13/h5-8,12H,9-11H2,1-4H3. The van der Waals surface area contributed by atoms with Gasteiger partial charge in [0.2, 0.25) is 5.95 Å². The zero-order chi connectivity index (χ0) is 20.9. The van der Waals surface area contributed by atoms with E-state index in [1.165, 1.54) is 11.6 Å². The Hall–Kier alpha value is -2.87. The van der Waals surface area contributed by atoms with Gasteiger partial charge in [-0.1, -0.05) is 37.6 Å². The number of aryl methyl sites for hydroxylation is 1. The van der Waals surface area contributed by atoms with Crippen LogP contribution in [0.15, 0.2) is 39.0 Å². The summed E-state index contributed by atoms with van der Waals surface area (Å²) in [4.78, 5) is 29.9. The first-order valence-electron chi connectivity index (χ1n) is 9.55. The molecule has 3 aromatic rings. The molecule has 0 bridgehead atoms. The molecule has 3 heterocycles. The Kier molecular flexibility index (Phi) is 4.82. The minimum Gasteiger partial charge on any atom is -0.297 e. The molecule has 0 aliphatic carbocycles. The lowest BCUT2D eigenvalue weighted by Crippen LogP contribution is -2.38. The summed E-state index contributed by atoms with van der Waals surface area (Å²) in [5.74, 6) is 1.07. The fraction of sp³-hybridized carbons (Fsp3) is 0.400. The number of aromatic nitrogens is 4. The van der Waals surface area contributed by atoms with Gasteiger partial charge in [0.25, 0.3) is 5.56 Å². The van der Waals surface area contributed by atoms with Crippen LogP contribution in [-0.4, -0.2) is 30.9 Å². The van der Waals surface area contributed by atoms with Crippen molar-refractivity contribution in [1.29, 1.82) is 0 Å². The fourth-order valence-electron chi connectivity index (χ4n) is 3.48. The first-order chi connectivity index (χ1) is 13.8. The lowest BCUT2D eigenvalue weighted by molar-refractivity contribution is 0.565. The zero-order valence-corrected chi connectivity index (χ0v) is 17.6. The van der Waals surface area contributed by atoms with E-state index in [1.807, 2.05) is 33.8 Å². The fourth-order valence-corrected chi connectivity index (χ4v) is 3.60. The third-order valence-corrected chi connectivity index (χ3v) is 5.46. The summed E-state index contributed by atoms with van der Waals surface area (Å²) in [6.07, 6.45) is 0.914. The van der Waals surface area contributed by atoms with Crippen LogP contribution in [0.5, 0.6) is 0 Å². The lowest BCUT2D eigenvalue weighted by Gasteiger charge is -2.26. The van der Waals surface area contributed by atoms with Crippen LogP contribution in [-0.2, 0) is 20.6 Å². The smallest absolute Gasteiger partial charge is 0.297 e. The highest BCUT2D eigenvalue weighted by Crippen LogP contribution is 2.26. The normalized spacial score (nSPS) is 13.9. The third-order valence-electron chi connectivity index (χ3n) is 5.20. The number of benzene rings is 1. The number of hydrogen-bond donors (Lipinski definition) is 0. The number of hydrazone groups is 1. The highest BCUT2D eigenvalue weighted by molar-refractivity contribution is 6.30. The first kappa shape index (κ1) is 19.4. The summed E-state index contributed by atoms with van der Waals surface area (Å²) in [5, 5.41) is 7.30. The molecule has 1 aliphatic heterocycles. The molecular weight excluding hydrogens is 392 g/mol. The van der Waals surface area contributed by atoms with Crippen LogP contribution in [0.25, 0.3) is 11.2 Å². The van der Waals surface area contributed by atoms with Gasteiger partial charge in [-0.15, -0.1) is 0 Å². The van der Waals surface area contributed by atoms with Gasteiger partial charge in [0.1, 0.15) is 0 Å². The molecule has 152 valence electrons. The van der Waals surface area contributed by atoms with E-state index < -0.39 is 5.69 Å². The van der Waals surface area contributed by atoms with Crippen molar-refractivity contribution in [3.05, 3.63) is 55.7 Å². The quantitative estimate of drug-likeness (QED) is 0.656. The van der Waals surface area contributed by atoms with Crippen molar-refractivity contribution in [3.63, 3.8) is 0 Å². The van der Waals surface area contributed by atoms with E-state index in [-0.39, 0.29) is 5.56 Å². The van der Waals surface area contributed by atoms with Crippen molar-refractivity contribution in [1.82, 2.24) is 18.7 Å². The van der Waals surface area contributed by atoms with Crippen LogP contribution in [0.4, 0.5) is 5.95 Å². The third kappa shape index (κ3) is 3.27. The first-order valence-corrected chi connectivity index (χ1v) is 9.93. The molecule has 0 amide bonds. The maximum Gasteiger partial charge on any atom is 0.332 e. The largest absolute Gasteiger partial charge is 0.332 e. The Balaban J connectivity index is 1.92. The Labute approximate surface area is 172 Å². The molecule has 0 radical (unpaired) electrons. The molecule has 29 heavy (non-hydrogen) atoms. The van der Waals surface area contributed by atoms with Crippen LogP contribution in [0.3, 0.4) is 0 Å². The van der Waals surface area contributed by atoms with Gasteiger partial charge in [0, 0.05) is 25.7 Å². The molecule has 1 aromatic carbocycles. The number of nitrogens with zero attached hydrogens (tertiary/aromatic N) is 6. The molecule has 8 nitrogen and oxygen atoms in total. The second-order valence-electron chi connectivity index (χ2n) is 7.74. The number of hydrogen-bond acceptors (Lipinski definition) is 5. The molecule has 0 saturated heterocycles. The van der Waals surface area contributed by atoms with Crippen LogP contribution < -0.4 is 16.3 Å². The van der Waals surface area contributed by atoms with Crippen LogP contribution in [0, 0.1) is 5.92 Å². The lowest BCUT2D eigenvalue weighted by atomic mass is 10.1. The topological polar surface area (TPSA) is 77.4 Å². The van der Waals surface area contributed by atoms with E-state index in [0.29, 0.717) is 41.1 Å². The zero-order valence-electron chi connectivity index (χ0n) is 16.9.